The van der Waals surface area contributed by atoms with Gasteiger partial charge in [-0.15, -0.1) is 0 Å². The molecule has 0 bridgehead atoms. The first-order valence-corrected chi connectivity index (χ1v) is 6.46. The summed E-state index contributed by atoms with van der Waals surface area (Å²) in [4.78, 5) is 10.6. The van der Waals surface area contributed by atoms with Crippen molar-refractivity contribution in [2.24, 2.45) is 0 Å². The molecule has 0 amide bonds. The van der Waals surface area contributed by atoms with E-state index in [4.69, 9.17) is 0 Å². The first-order chi connectivity index (χ1) is 8.49. The Bertz CT molecular complexity index is 352. The number of hydrogen-bond donors (Lipinski definition) is 2. The highest BCUT2D eigenvalue weighted by molar-refractivity contribution is 5.78. The summed E-state index contributed by atoms with van der Waals surface area (Å²) in [6, 6.07) is 9.75. The molecule has 0 unspecified atom stereocenters. The quantitative estimate of drug-likeness (QED) is 0.842. The fourth-order valence-corrected chi connectivity index (χ4v) is 1.85. The summed E-state index contributed by atoms with van der Waals surface area (Å²) < 4.78 is 0. The maximum atomic E-state index is 10.6. The largest absolute Gasteiger partial charge is 0.390 e. The van der Waals surface area contributed by atoms with Crippen molar-refractivity contribution in [3.05, 3.63) is 35.9 Å². The van der Waals surface area contributed by atoms with Gasteiger partial charge in [0.1, 0.15) is 5.78 Å². The molecular weight excluding hydrogens is 226 g/mol. The molecule has 1 fully saturated rings. The predicted octanol–water partition coefficient (Wildman–Crippen LogP) is 1.94. The lowest BCUT2D eigenvalue weighted by molar-refractivity contribution is -0.116. The van der Waals surface area contributed by atoms with Crippen LogP contribution in [0.1, 0.15) is 32.3 Å². The second-order valence-electron chi connectivity index (χ2n) is 5.11. The molecule has 0 atom stereocenters. The van der Waals surface area contributed by atoms with Gasteiger partial charge in [-0.3, -0.25) is 4.79 Å². The third kappa shape index (κ3) is 6.52. The number of nitrogens with one attached hydrogen (secondary N) is 1. The highest BCUT2D eigenvalue weighted by Crippen LogP contribution is 2.15. The highest BCUT2D eigenvalue weighted by atomic mass is 16.3. The van der Waals surface area contributed by atoms with Gasteiger partial charge in [0.2, 0.25) is 0 Å². The Morgan fingerprint density at radius 2 is 1.83 bits per heavy atom. The predicted molar refractivity (Wildman–Crippen MR) is 73.6 cm³/mol. The molecule has 100 valence electrons. The molecular formula is C15H23NO2. The normalized spacial score (nSPS) is 17.5. The summed E-state index contributed by atoms with van der Waals surface area (Å²) in [5.41, 5.74) is 0.709. The van der Waals surface area contributed by atoms with E-state index in [-0.39, 0.29) is 11.4 Å². The van der Waals surface area contributed by atoms with Crippen LogP contribution in [0.3, 0.4) is 0 Å². The minimum Gasteiger partial charge on any atom is -0.390 e. The van der Waals surface area contributed by atoms with Gasteiger partial charge in [-0.2, -0.15) is 0 Å². The number of hydrogen-bond acceptors (Lipinski definition) is 3. The van der Waals surface area contributed by atoms with E-state index >= 15 is 0 Å². The lowest BCUT2D eigenvalue weighted by atomic mass is 9.95. The number of benzene rings is 1. The second kappa shape index (κ2) is 7.29. The average molecular weight is 249 g/mol. The number of aliphatic hydroxyl groups is 1. The number of piperidine rings is 1. The van der Waals surface area contributed by atoms with Crippen LogP contribution < -0.4 is 5.32 Å². The van der Waals surface area contributed by atoms with E-state index in [1.165, 1.54) is 0 Å². The van der Waals surface area contributed by atoms with Crippen molar-refractivity contribution in [2.45, 2.75) is 38.7 Å². The van der Waals surface area contributed by atoms with Crippen LogP contribution in [0.2, 0.25) is 0 Å². The van der Waals surface area contributed by atoms with Crippen molar-refractivity contribution < 1.29 is 9.90 Å². The van der Waals surface area contributed by atoms with Gasteiger partial charge in [-0.1, -0.05) is 30.3 Å². The summed E-state index contributed by atoms with van der Waals surface area (Å²) in [5.74, 6) is 0.214. The SMILES string of the molecule is CC(=O)Cc1ccccc1.CC1(O)CCNCC1. The van der Waals surface area contributed by atoms with Crippen LogP contribution in [0.4, 0.5) is 0 Å². The van der Waals surface area contributed by atoms with Gasteiger partial charge < -0.3 is 10.4 Å². The van der Waals surface area contributed by atoms with Crippen molar-refractivity contribution in [3.63, 3.8) is 0 Å². The Balaban J connectivity index is 0.000000184. The molecule has 1 heterocycles. The van der Waals surface area contributed by atoms with E-state index in [2.05, 4.69) is 5.32 Å². The third-order valence-corrected chi connectivity index (χ3v) is 2.98. The van der Waals surface area contributed by atoms with E-state index in [9.17, 15) is 9.90 Å². The van der Waals surface area contributed by atoms with Crippen molar-refractivity contribution in [3.8, 4) is 0 Å². The zero-order valence-electron chi connectivity index (χ0n) is 11.3. The van der Waals surface area contributed by atoms with E-state index in [0.29, 0.717) is 6.42 Å². The van der Waals surface area contributed by atoms with Crippen molar-refractivity contribution in [1.82, 2.24) is 5.32 Å². The van der Waals surface area contributed by atoms with Gasteiger partial charge in [0.15, 0.2) is 0 Å². The summed E-state index contributed by atoms with van der Waals surface area (Å²) in [6.07, 6.45) is 2.35. The number of ketones is 1. The molecule has 0 aliphatic carbocycles. The molecule has 1 aliphatic heterocycles. The van der Waals surface area contributed by atoms with Crippen molar-refractivity contribution in [1.29, 1.82) is 0 Å². The zero-order valence-corrected chi connectivity index (χ0v) is 11.3. The molecule has 1 aromatic rings. The Morgan fingerprint density at radius 1 is 1.28 bits per heavy atom. The molecule has 18 heavy (non-hydrogen) atoms. The lowest BCUT2D eigenvalue weighted by Crippen LogP contribution is -2.39. The highest BCUT2D eigenvalue weighted by Gasteiger charge is 2.21. The summed E-state index contributed by atoms with van der Waals surface area (Å²) in [6.45, 7) is 5.43. The molecule has 1 aliphatic rings. The summed E-state index contributed by atoms with van der Waals surface area (Å²) in [7, 11) is 0. The maximum Gasteiger partial charge on any atom is 0.134 e. The summed E-state index contributed by atoms with van der Waals surface area (Å²) >= 11 is 0. The minimum absolute atomic E-state index is 0.214. The Morgan fingerprint density at radius 3 is 2.22 bits per heavy atom. The van der Waals surface area contributed by atoms with Crippen LogP contribution in [-0.4, -0.2) is 29.6 Å². The van der Waals surface area contributed by atoms with Crippen LogP contribution in [-0.2, 0) is 11.2 Å². The topological polar surface area (TPSA) is 49.3 Å². The van der Waals surface area contributed by atoms with Crippen molar-refractivity contribution in [2.75, 3.05) is 13.1 Å². The van der Waals surface area contributed by atoms with E-state index in [0.717, 1.165) is 31.5 Å². The zero-order chi connectivity index (χ0) is 13.4. The number of Topliss-reactive ketones (excluding diaryl/α,β-unsaturated/α-hetero) is 1. The molecule has 2 N–H and O–H groups in total. The van der Waals surface area contributed by atoms with Gasteiger partial charge in [-0.05, 0) is 45.3 Å². The monoisotopic (exact) mass is 249 g/mol. The Hall–Kier alpha value is -1.19. The fraction of sp³-hybridized carbons (Fsp3) is 0.533. The number of carbonyl (C=O) groups excluding carboxylic acids is 1. The first-order valence-electron chi connectivity index (χ1n) is 6.46. The molecule has 0 saturated carbocycles. The molecule has 0 spiro atoms. The van der Waals surface area contributed by atoms with Crippen LogP contribution in [0.5, 0.6) is 0 Å². The molecule has 2 rings (SSSR count). The van der Waals surface area contributed by atoms with Crippen LogP contribution >= 0.6 is 0 Å². The average Bonchev–Trinajstić information content (AvgIpc) is 2.30. The van der Waals surface area contributed by atoms with Gasteiger partial charge in [0.05, 0.1) is 5.60 Å². The summed E-state index contributed by atoms with van der Waals surface area (Å²) in [5, 5.41) is 12.5. The Labute approximate surface area is 109 Å². The van der Waals surface area contributed by atoms with Gasteiger partial charge in [-0.25, -0.2) is 0 Å². The van der Waals surface area contributed by atoms with Gasteiger partial charge in [0, 0.05) is 6.42 Å². The third-order valence-electron chi connectivity index (χ3n) is 2.98. The number of carbonyl (C=O) groups is 1. The standard InChI is InChI=1S/C9H10O.C6H13NO/c1-8(10)7-9-5-3-2-4-6-9;1-6(8)2-4-7-5-3-6/h2-6H,7H2,1H3;7-8H,2-5H2,1H3. The van der Waals surface area contributed by atoms with Crippen LogP contribution in [0.15, 0.2) is 30.3 Å². The lowest BCUT2D eigenvalue weighted by Gasteiger charge is -2.27. The maximum absolute atomic E-state index is 10.6. The molecule has 0 radical (unpaired) electrons. The fourth-order valence-electron chi connectivity index (χ4n) is 1.85. The molecule has 1 aromatic carbocycles. The molecule has 3 heteroatoms. The first kappa shape index (κ1) is 14.9. The smallest absolute Gasteiger partial charge is 0.134 e. The van der Waals surface area contributed by atoms with Crippen LogP contribution in [0.25, 0.3) is 0 Å². The van der Waals surface area contributed by atoms with Crippen LogP contribution in [0, 0.1) is 0 Å². The van der Waals surface area contributed by atoms with Gasteiger partial charge in [0.25, 0.3) is 0 Å². The second-order valence-corrected chi connectivity index (χ2v) is 5.11. The van der Waals surface area contributed by atoms with E-state index in [1.807, 2.05) is 37.3 Å². The van der Waals surface area contributed by atoms with Gasteiger partial charge >= 0.3 is 0 Å². The molecule has 0 aromatic heterocycles. The van der Waals surface area contributed by atoms with E-state index in [1.54, 1.807) is 6.92 Å². The van der Waals surface area contributed by atoms with Crippen molar-refractivity contribution >= 4 is 5.78 Å². The Kier molecular flexibility index (Phi) is 6.02. The molecule has 3 nitrogen and oxygen atoms in total. The molecule has 1 saturated heterocycles. The number of rotatable bonds is 2. The van der Waals surface area contributed by atoms with E-state index < -0.39 is 0 Å². The minimum atomic E-state index is -0.384.